The van der Waals surface area contributed by atoms with Crippen molar-refractivity contribution >= 4 is 0 Å². The molecule has 0 fully saturated rings. The molecule has 0 spiro atoms. The lowest BCUT2D eigenvalue weighted by Gasteiger charge is -2.42. The highest BCUT2D eigenvalue weighted by molar-refractivity contribution is 5.29. The van der Waals surface area contributed by atoms with Gasteiger partial charge in [-0.05, 0) is 46.0 Å². The van der Waals surface area contributed by atoms with Gasteiger partial charge in [0.1, 0.15) is 0 Å². The van der Waals surface area contributed by atoms with E-state index in [2.05, 4.69) is 65.9 Å². The SMILES string of the molecule is CC1=CCCC(C(C)NC(C)(C)C(C)(C)C)=C1. The zero-order chi connectivity index (χ0) is 13.3. The van der Waals surface area contributed by atoms with Crippen LogP contribution in [0.15, 0.2) is 23.3 Å². The molecule has 0 aromatic heterocycles. The molecule has 17 heavy (non-hydrogen) atoms. The van der Waals surface area contributed by atoms with Crippen molar-refractivity contribution in [3.05, 3.63) is 23.3 Å². The van der Waals surface area contributed by atoms with E-state index in [0.717, 1.165) is 0 Å². The van der Waals surface area contributed by atoms with E-state index < -0.39 is 0 Å². The van der Waals surface area contributed by atoms with E-state index in [1.165, 1.54) is 18.4 Å². The molecule has 0 saturated carbocycles. The first-order chi connectivity index (χ1) is 7.63. The smallest absolute Gasteiger partial charge is 0.0259 e. The van der Waals surface area contributed by atoms with E-state index in [1.54, 1.807) is 5.57 Å². The van der Waals surface area contributed by atoms with Crippen LogP contribution in [0.4, 0.5) is 0 Å². The first kappa shape index (κ1) is 14.5. The third kappa shape index (κ3) is 3.70. The number of rotatable bonds is 3. The van der Waals surface area contributed by atoms with Crippen molar-refractivity contribution in [1.82, 2.24) is 5.32 Å². The van der Waals surface area contributed by atoms with Crippen molar-refractivity contribution in [2.24, 2.45) is 5.41 Å². The fourth-order valence-corrected chi connectivity index (χ4v) is 2.08. The molecule has 1 atom stereocenters. The van der Waals surface area contributed by atoms with Crippen LogP contribution in [0, 0.1) is 5.41 Å². The Bertz CT molecular complexity index is 326. The molecule has 0 saturated heterocycles. The van der Waals surface area contributed by atoms with Crippen LogP contribution in [0.3, 0.4) is 0 Å². The van der Waals surface area contributed by atoms with Gasteiger partial charge in [0.25, 0.3) is 0 Å². The average molecular weight is 235 g/mol. The molecule has 1 aliphatic rings. The first-order valence-electron chi connectivity index (χ1n) is 6.78. The zero-order valence-corrected chi connectivity index (χ0v) is 12.6. The minimum absolute atomic E-state index is 0.141. The molecule has 1 unspecified atom stereocenters. The largest absolute Gasteiger partial charge is 0.305 e. The Labute approximate surface area is 107 Å². The highest BCUT2D eigenvalue weighted by atomic mass is 15.0. The highest BCUT2D eigenvalue weighted by Gasteiger charge is 2.34. The third-order valence-electron chi connectivity index (χ3n) is 4.32. The Morgan fingerprint density at radius 1 is 1.18 bits per heavy atom. The van der Waals surface area contributed by atoms with E-state index >= 15 is 0 Å². The minimum atomic E-state index is 0.141. The molecule has 0 amide bonds. The Morgan fingerprint density at radius 2 is 1.76 bits per heavy atom. The Kier molecular flexibility index (Phi) is 4.24. The van der Waals surface area contributed by atoms with Gasteiger partial charge in [0, 0.05) is 11.6 Å². The lowest BCUT2D eigenvalue weighted by molar-refractivity contribution is 0.166. The number of allylic oxidation sites excluding steroid dienone is 3. The van der Waals surface area contributed by atoms with Crippen LogP contribution in [-0.2, 0) is 0 Å². The predicted molar refractivity (Wildman–Crippen MR) is 77.2 cm³/mol. The molecule has 1 heteroatoms. The van der Waals surface area contributed by atoms with E-state index in [9.17, 15) is 0 Å². The maximum absolute atomic E-state index is 3.79. The second-order valence-corrected chi connectivity index (χ2v) is 6.95. The lowest BCUT2D eigenvalue weighted by atomic mass is 9.75. The van der Waals surface area contributed by atoms with Crippen LogP contribution in [0.1, 0.15) is 61.3 Å². The number of hydrogen-bond donors (Lipinski definition) is 1. The van der Waals surface area contributed by atoms with Gasteiger partial charge in [0.05, 0.1) is 0 Å². The normalized spacial score (nSPS) is 19.7. The van der Waals surface area contributed by atoms with Gasteiger partial charge in [0.15, 0.2) is 0 Å². The number of nitrogens with one attached hydrogen (secondary N) is 1. The summed E-state index contributed by atoms with van der Waals surface area (Å²) in [7, 11) is 0. The molecular weight excluding hydrogens is 206 g/mol. The summed E-state index contributed by atoms with van der Waals surface area (Å²) in [6.07, 6.45) is 7.07. The molecule has 0 aliphatic heterocycles. The molecule has 0 bridgehead atoms. The van der Waals surface area contributed by atoms with Crippen LogP contribution >= 0.6 is 0 Å². The maximum Gasteiger partial charge on any atom is 0.0259 e. The van der Waals surface area contributed by atoms with Gasteiger partial charge >= 0.3 is 0 Å². The fourth-order valence-electron chi connectivity index (χ4n) is 2.08. The van der Waals surface area contributed by atoms with Crippen LogP contribution in [0.5, 0.6) is 0 Å². The van der Waals surface area contributed by atoms with Crippen molar-refractivity contribution in [1.29, 1.82) is 0 Å². The minimum Gasteiger partial charge on any atom is -0.305 e. The summed E-state index contributed by atoms with van der Waals surface area (Å²) in [5, 5.41) is 3.79. The standard InChI is InChI=1S/C16H29N/c1-12-9-8-10-14(11-12)13(2)17-16(6,7)15(3,4)5/h9,11,13,17H,8,10H2,1-7H3. The second-order valence-electron chi connectivity index (χ2n) is 6.95. The summed E-state index contributed by atoms with van der Waals surface area (Å²) in [5.74, 6) is 0. The molecule has 0 radical (unpaired) electrons. The highest BCUT2D eigenvalue weighted by Crippen LogP contribution is 2.31. The van der Waals surface area contributed by atoms with E-state index in [4.69, 9.17) is 0 Å². The van der Waals surface area contributed by atoms with Gasteiger partial charge < -0.3 is 5.32 Å². The molecule has 0 aromatic carbocycles. The molecule has 0 aromatic rings. The predicted octanol–water partition coefficient (Wildman–Crippen LogP) is 4.46. The molecule has 1 N–H and O–H groups in total. The van der Waals surface area contributed by atoms with Gasteiger partial charge in [0.2, 0.25) is 0 Å². The lowest BCUT2D eigenvalue weighted by Crippen LogP contribution is -2.53. The van der Waals surface area contributed by atoms with Gasteiger partial charge in [-0.15, -0.1) is 0 Å². The summed E-state index contributed by atoms with van der Waals surface area (Å²) < 4.78 is 0. The van der Waals surface area contributed by atoms with Crippen LogP contribution < -0.4 is 5.32 Å². The maximum atomic E-state index is 3.79. The first-order valence-corrected chi connectivity index (χ1v) is 6.78. The number of hydrogen-bond acceptors (Lipinski definition) is 1. The van der Waals surface area contributed by atoms with E-state index in [-0.39, 0.29) is 11.0 Å². The van der Waals surface area contributed by atoms with Gasteiger partial charge in [-0.2, -0.15) is 0 Å². The summed E-state index contributed by atoms with van der Waals surface area (Å²) in [4.78, 5) is 0. The van der Waals surface area contributed by atoms with Crippen molar-refractivity contribution < 1.29 is 0 Å². The van der Waals surface area contributed by atoms with E-state index in [1.807, 2.05) is 0 Å². The quantitative estimate of drug-likeness (QED) is 0.761. The average Bonchev–Trinajstić information content (AvgIpc) is 2.15. The Hall–Kier alpha value is -0.560. The van der Waals surface area contributed by atoms with Crippen molar-refractivity contribution in [2.45, 2.75) is 72.9 Å². The summed E-state index contributed by atoms with van der Waals surface area (Å²) in [6, 6.07) is 0.466. The van der Waals surface area contributed by atoms with Crippen LogP contribution in [0.25, 0.3) is 0 Å². The zero-order valence-electron chi connectivity index (χ0n) is 12.6. The molecule has 98 valence electrons. The summed E-state index contributed by atoms with van der Waals surface area (Å²) in [6.45, 7) is 16.0. The monoisotopic (exact) mass is 235 g/mol. The van der Waals surface area contributed by atoms with Crippen LogP contribution in [-0.4, -0.2) is 11.6 Å². The van der Waals surface area contributed by atoms with Crippen molar-refractivity contribution in [2.75, 3.05) is 0 Å². The van der Waals surface area contributed by atoms with Gasteiger partial charge in [-0.25, -0.2) is 0 Å². The fraction of sp³-hybridized carbons (Fsp3) is 0.750. The summed E-state index contributed by atoms with van der Waals surface area (Å²) in [5.41, 5.74) is 3.36. The second kappa shape index (κ2) is 4.97. The van der Waals surface area contributed by atoms with E-state index in [0.29, 0.717) is 6.04 Å². The van der Waals surface area contributed by atoms with Crippen LogP contribution in [0.2, 0.25) is 0 Å². The Morgan fingerprint density at radius 3 is 2.24 bits per heavy atom. The molecule has 1 aliphatic carbocycles. The van der Waals surface area contributed by atoms with Crippen molar-refractivity contribution in [3.8, 4) is 0 Å². The van der Waals surface area contributed by atoms with Crippen molar-refractivity contribution in [3.63, 3.8) is 0 Å². The van der Waals surface area contributed by atoms with Gasteiger partial charge in [-0.1, -0.05) is 44.1 Å². The molecule has 0 heterocycles. The van der Waals surface area contributed by atoms with Gasteiger partial charge in [-0.3, -0.25) is 0 Å². The molecule has 1 nitrogen and oxygen atoms in total. The summed E-state index contributed by atoms with van der Waals surface area (Å²) >= 11 is 0. The third-order valence-corrected chi connectivity index (χ3v) is 4.32. The molecule has 1 rings (SSSR count). The topological polar surface area (TPSA) is 12.0 Å². The molecular formula is C16H29N. The Balaban J connectivity index is 2.73.